The Morgan fingerprint density at radius 1 is 0.889 bits per heavy atom. The Morgan fingerprint density at radius 3 is 1.50 bits per heavy atom. The van der Waals surface area contributed by atoms with Crippen molar-refractivity contribution in [2.24, 2.45) is 23.7 Å². The van der Waals surface area contributed by atoms with E-state index in [1.54, 1.807) is 0 Å². The molecule has 4 atom stereocenters. The Labute approximate surface area is 109 Å². The van der Waals surface area contributed by atoms with E-state index >= 15 is 0 Å². The normalized spacial score (nSPS) is 31.8. The molecule has 0 N–H and O–H groups in total. The van der Waals surface area contributed by atoms with Crippen molar-refractivity contribution in [3.05, 3.63) is 0 Å². The van der Waals surface area contributed by atoms with Crippen LogP contribution in [-0.4, -0.2) is 25.2 Å². The van der Waals surface area contributed by atoms with E-state index in [2.05, 4.69) is 13.8 Å². The van der Waals surface area contributed by atoms with Crippen molar-refractivity contribution in [2.75, 3.05) is 13.2 Å². The van der Waals surface area contributed by atoms with Crippen molar-refractivity contribution in [3.8, 4) is 0 Å². The topological polar surface area (TPSA) is 52.6 Å². The van der Waals surface area contributed by atoms with E-state index < -0.39 is 0 Å². The van der Waals surface area contributed by atoms with Crippen molar-refractivity contribution in [1.82, 2.24) is 0 Å². The summed E-state index contributed by atoms with van der Waals surface area (Å²) in [5.74, 6) is 1.09. The van der Waals surface area contributed by atoms with Crippen molar-refractivity contribution >= 4 is 11.9 Å². The lowest BCUT2D eigenvalue weighted by atomic mass is 9.68. The lowest BCUT2D eigenvalue weighted by Crippen LogP contribution is -2.38. The van der Waals surface area contributed by atoms with Crippen LogP contribution < -0.4 is 0 Å². The zero-order chi connectivity index (χ0) is 13.7. The Hall–Kier alpha value is -1.06. The van der Waals surface area contributed by atoms with Gasteiger partial charge in [0.25, 0.3) is 0 Å². The standard InChI is InChI=1S/C14H24O4/c1-9-5-6-10(2)14(8-18-12(4)16)13(9)7-17-11(3)15/h9-10,13-14H,5-8H2,1-4H3/t9-,10+,13+,14-. The highest BCUT2D eigenvalue weighted by Crippen LogP contribution is 2.39. The number of carbonyl (C=O) groups excluding carboxylic acids is 2. The summed E-state index contributed by atoms with van der Waals surface area (Å²) in [4.78, 5) is 21.9. The molecule has 0 aromatic carbocycles. The summed E-state index contributed by atoms with van der Waals surface area (Å²) in [6, 6.07) is 0. The summed E-state index contributed by atoms with van der Waals surface area (Å²) in [7, 11) is 0. The molecule has 1 fully saturated rings. The molecule has 0 aromatic heterocycles. The average molecular weight is 256 g/mol. The third-order valence-corrected chi connectivity index (χ3v) is 4.05. The fraction of sp³-hybridized carbons (Fsp3) is 0.857. The van der Waals surface area contributed by atoms with Crippen molar-refractivity contribution in [2.45, 2.75) is 40.5 Å². The minimum atomic E-state index is -0.244. The van der Waals surface area contributed by atoms with Gasteiger partial charge < -0.3 is 9.47 Å². The van der Waals surface area contributed by atoms with Crippen LogP contribution >= 0.6 is 0 Å². The van der Waals surface area contributed by atoms with E-state index in [4.69, 9.17) is 9.47 Å². The number of hydrogen-bond acceptors (Lipinski definition) is 4. The maximum absolute atomic E-state index is 10.9. The van der Waals surface area contributed by atoms with Crippen LogP contribution in [0.1, 0.15) is 40.5 Å². The zero-order valence-corrected chi connectivity index (χ0v) is 11.8. The molecule has 4 heteroatoms. The Morgan fingerprint density at radius 2 is 1.22 bits per heavy atom. The predicted molar refractivity (Wildman–Crippen MR) is 67.8 cm³/mol. The molecule has 0 unspecified atom stereocenters. The van der Waals surface area contributed by atoms with Gasteiger partial charge in [-0.05, 0) is 11.8 Å². The van der Waals surface area contributed by atoms with Crippen molar-refractivity contribution in [1.29, 1.82) is 0 Å². The molecule has 0 aromatic rings. The van der Waals surface area contributed by atoms with Crippen LogP contribution in [0.2, 0.25) is 0 Å². The molecule has 0 bridgehead atoms. The van der Waals surface area contributed by atoms with Gasteiger partial charge in [0.15, 0.2) is 0 Å². The first-order valence-corrected chi connectivity index (χ1v) is 6.68. The van der Waals surface area contributed by atoms with Crippen LogP contribution in [-0.2, 0) is 19.1 Å². The highest BCUT2D eigenvalue weighted by atomic mass is 16.5. The van der Waals surface area contributed by atoms with E-state index in [0.29, 0.717) is 25.0 Å². The molecular weight excluding hydrogens is 232 g/mol. The summed E-state index contributed by atoms with van der Waals surface area (Å²) in [6.45, 7) is 8.09. The van der Waals surface area contributed by atoms with Gasteiger partial charge in [-0.15, -0.1) is 0 Å². The van der Waals surface area contributed by atoms with Gasteiger partial charge in [0.1, 0.15) is 0 Å². The lowest BCUT2D eigenvalue weighted by molar-refractivity contribution is -0.150. The monoisotopic (exact) mass is 256 g/mol. The summed E-state index contributed by atoms with van der Waals surface area (Å²) < 4.78 is 10.3. The molecule has 0 radical (unpaired) electrons. The second-order valence-corrected chi connectivity index (χ2v) is 5.46. The van der Waals surface area contributed by atoms with E-state index in [9.17, 15) is 9.59 Å². The minimum Gasteiger partial charge on any atom is -0.466 e. The fourth-order valence-corrected chi connectivity index (χ4v) is 2.80. The van der Waals surface area contributed by atoms with Crippen LogP contribution in [0.25, 0.3) is 0 Å². The molecule has 4 nitrogen and oxygen atoms in total. The van der Waals surface area contributed by atoms with Crippen LogP contribution in [0.5, 0.6) is 0 Å². The number of carbonyl (C=O) groups is 2. The molecule has 1 saturated carbocycles. The van der Waals surface area contributed by atoms with Gasteiger partial charge in [0.2, 0.25) is 0 Å². The molecule has 1 aliphatic carbocycles. The first-order valence-electron chi connectivity index (χ1n) is 6.68. The van der Waals surface area contributed by atoms with Crippen LogP contribution in [0.15, 0.2) is 0 Å². The highest BCUT2D eigenvalue weighted by Gasteiger charge is 2.36. The number of rotatable bonds is 4. The van der Waals surface area contributed by atoms with Gasteiger partial charge in [0, 0.05) is 25.7 Å². The molecule has 104 valence electrons. The van der Waals surface area contributed by atoms with E-state index in [0.717, 1.165) is 12.8 Å². The summed E-state index contributed by atoms with van der Waals surface area (Å²) in [5, 5.41) is 0. The number of esters is 2. The van der Waals surface area contributed by atoms with Gasteiger partial charge in [-0.3, -0.25) is 9.59 Å². The summed E-state index contributed by atoms with van der Waals surface area (Å²) in [5.41, 5.74) is 0. The smallest absolute Gasteiger partial charge is 0.302 e. The average Bonchev–Trinajstić information content (AvgIpc) is 2.28. The van der Waals surface area contributed by atoms with E-state index in [1.165, 1.54) is 13.8 Å². The third-order valence-electron chi connectivity index (χ3n) is 4.05. The second-order valence-electron chi connectivity index (χ2n) is 5.46. The van der Waals surface area contributed by atoms with Crippen LogP contribution in [0, 0.1) is 23.7 Å². The Balaban J connectivity index is 2.63. The van der Waals surface area contributed by atoms with Gasteiger partial charge >= 0.3 is 11.9 Å². The quantitative estimate of drug-likeness (QED) is 0.725. The Bertz CT molecular complexity index is 270. The first-order chi connectivity index (χ1) is 8.41. The first kappa shape index (κ1) is 15.0. The van der Waals surface area contributed by atoms with Gasteiger partial charge in [-0.2, -0.15) is 0 Å². The predicted octanol–water partition coefficient (Wildman–Crippen LogP) is 2.41. The maximum atomic E-state index is 10.9. The summed E-state index contributed by atoms with van der Waals surface area (Å²) in [6.07, 6.45) is 2.29. The van der Waals surface area contributed by atoms with E-state index in [-0.39, 0.29) is 23.8 Å². The molecule has 1 aliphatic rings. The van der Waals surface area contributed by atoms with Crippen LogP contribution in [0.3, 0.4) is 0 Å². The minimum absolute atomic E-state index is 0.244. The molecule has 1 rings (SSSR count). The second kappa shape index (κ2) is 6.76. The zero-order valence-electron chi connectivity index (χ0n) is 11.8. The maximum Gasteiger partial charge on any atom is 0.302 e. The van der Waals surface area contributed by atoms with Crippen LogP contribution in [0.4, 0.5) is 0 Å². The molecular formula is C14H24O4. The summed E-state index contributed by atoms with van der Waals surface area (Å²) >= 11 is 0. The van der Waals surface area contributed by atoms with Gasteiger partial charge in [0.05, 0.1) is 13.2 Å². The lowest BCUT2D eigenvalue weighted by Gasteiger charge is -2.39. The van der Waals surface area contributed by atoms with Gasteiger partial charge in [-0.1, -0.05) is 26.7 Å². The molecule has 0 saturated heterocycles. The highest BCUT2D eigenvalue weighted by molar-refractivity contribution is 5.66. The van der Waals surface area contributed by atoms with E-state index in [1.807, 2.05) is 0 Å². The SMILES string of the molecule is CC(=O)OC[C@@H]1[C@H](COC(C)=O)[C@@H](C)CC[C@H]1C. The molecule has 0 amide bonds. The fourth-order valence-electron chi connectivity index (χ4n) is 2.80. The molecule has 18 heavy (non-hydrogen) atoms. The van der Waals surface area contributed by atoms with Crippen molar-refractivity contribution in [3.63, 3.8) is 0 Å². The van der Waals surface area contributed by atoms with Crippen molar-refractivity contribution < 1.29 is 19.1 Å². The largest absolute Gasteiger partial charge is 0.466 e. The molecule has 0 aliphatic heterocycles. The Kier molecular flexibility index (Phi) is 5.63. The third kappa shape index (κ3) is 4.31. The van der Waals surface area contributed by atoms with Gasteiger partial charge in [-0.25, -0.2) is 0 Å². The molecule has 0 heterocycles. The number of hydrogen-bond donors (Lipinski definition) is 0. The molecule has 0 spiro atoms. The number of ether oxygens (including phenoxy) is 2.